The van der Waals surface area contributed by atoms with Crippen LogP contribution in [0.2, 0.25) is 0 Å². The van der Waals surface area contributed by atoms with Gasteiger partial charge in [0.05, 0.1) is 12.7 Å². The molecular weight excluding hydrogens is 706 g/mol. The molecule has 0 unspecified atom stereocenters. The molecule has 286 valence electrons. The van der Waals surface area contributed by atoms with Gasteiger partial charge in [-0.05, 0) is 76.0 Å². The number of aromatic nitrogens is 8. The number of alkyl halides is 6. The average molecular weight is 747 g/mol. The number of hydrogen-bond acceptors (Lipinski definition) is 8. The van der Waals surface area contributed by atoms with E-state index in [0.29, 0.717) is 0 Å². The molecule has 4 aromatic rings. The summed E-state index contributed by atoms with van der Waals surface area (Å²) in [5.41, 5.74) is -7.76. The highest BCUT2D eigenvalue weighted by Crippen LogP contribution is 2.47. The number of halogens is 6. The highest BCUT2D eigenvalue weighted by Gasteiger charge is 2.57. The van der Waals surface area contributed by atoms with E-state index < -0.39 is 78.5 Å². The average Bonchev–Trinajstić information content (AvgIpc) is 3.70. The smallest absolute Gasteiger partial charge is 0.380 e. The number of rotatable bonds is 9. The molecule has 0 radical (unpaired) electrons. The Balaban J connectivity index is 1.14. The second kappa shape index (κ2) is 13.3. The maximum atomic E-state index is 14.6. The summed E-state index contributed by atoms with van der Waals surface area (Å²) >= 11 is 0. The zero-order valence-electron chi connectivity index (χ0n) is 28.8. The van der Waals surface area contributed by atoms with Gasteiger partial charge in [0.1, 0.15) is 6.73 Å². The number of nitrogens with zero attached hydrogens (tertiary/aromatic N) is 8. The zero-order valence-corrected chi connectivity index (χ0v) is 28.8. The fourth-order valence-electron chi connectivity index (χ4n) is 7.70. The SMILES string of the molecule is Cn1cnc2c1c(=O)n(CC[C@H]1CC[C@](OCn3cnc4c3c(=O)n(CC[C@H]3CC[C@@](O)(C(F)(F)F)CC3)c(=O)n4C)(C(F)(F)F)CC1)c(=O)n2C. The van der Waals surface area contributed by atoms with Crippen LogP contribution in [0.5, 0.6) is 0 Å². The van der Waals surface area contributed by atoms with Gasteiger partial charge in [-0.3, -0.25) is 27.9 Å². The first-order valence-electron chi connectivity index (χ1n) is 17.0. The van der Waals surface area contributed by atoms with Crippen LogP contribution in [0.3, 0.4) is 0 Å². The normalized spacial score (nSPS) is 24.7. The fourth-order valence-corrected chi connectivity index (χ4v) is 7.70. The Kier molecular flexibility index (Phi) is 9.63. The molecule has 4 aromatic heterocycles. The lowest BCUT2D eigenvalue weighted by atomic mass is 9.77. The quantitative estimate of drug-likeness (QED) is 0.257. The lowest BCUT2D eigenvalue weighted by Crippen LogP contribution is -2.50. The van der Waals surface area contributed by atoms with E-state index in [4.69, 9.17) is 4.74 Å². The van der Waals surface area contributed by atoms with Crippen molar-refractivity contribution in [2.75, 3.05) is 0 Å². The first kappa shape index (κ1) is 37.6. The maximum absolute atomic E-state index is 14.6. The minimum Gasteiger partial charge on any atom is -0.380 e. The summed E-state index contributed by atoms with van der Waals surface area (Å²) in [6.07, 6.45) is -8.09. The molecule has 6 rings (SSSR count). The molecule has 4 heterocycles. The van der Waals surface area contributed by atoms with Gasteiger partial charge in [0.2, 0.25) is 0 Å². The van der Waals surface area contributed by atoms with Crippen LogP contribution in [-0.2, 0) is 45.7 Å². The molecule has 0 aromatic carbocycles. The molecule has 0 amide bonds. The Labute approximate surface area is 290 Å². The molecule has 2 aliphatic rings. The van der Waals surface area contributed by atoms with Gasteiger partial charge in [0.25, 0.3) is 11.1 Å². The van der Waals surface area contributed by atoms with Gasteiger partial charge >= 0.3 is 23.7 Å². The van der Waals surface area contributed by atoms with Crippen LogP contribution < -0.4 is 22.5 Å². The Morgan fingerprint density at radius 3 is 1.69 bits per heavy atom. The fraction of sp³-hybridized carbons (Fsp3) is 0.688. The van der Waals surface area contributed by atoms with Gasteiger partial charge in [-0.2, -0.15) is 26.3 Å². The van der Waals surface area contributed by atoms with E-state index in [1.54, 1.807) is 7.05 Å². The number of hydrogen-bond donors (Lipinski definition) is 1. The molecule has 20 heteroatoms. The monoisotopic (exact) mass is 746 g/mol. The molecule has 0 aliphatic heterocycles. The summed E-state index contributed by atoms with van der Waals surface area (Å²) in [6, 6.07) is 0. The molecule has 0 atom stereocenters. The number of ether oxygens (including phenoxy) is 1. The molecule has 14 nitrogen and oxygen atoms in total. The van der Waals surface area contributed by atoms with Crippen molar-refractivity contribution in [2.24, 2.45) is 33.0 Å². The van der Waals surface area contributed by atoms with Crippen LogP contribution >= 0.6 is 0 Å². The van der Waals surface area contributed by atoms with Gasteiger partial charge in [-0.15, -0.1) is 0 Å². The van der Waals surface area contributed by atoms with E-state index >= 15 is 0 Å². The van der Waals surface area contributed by atoms with Crippen molar-refractivity contribution >= 4 is 22.3 Å². The number of aliphatic hydroxyl groups is 1. The van der Waals surface area contributed by atoms with Crippen molar-refractivity contribution in [3.8, 4) is 0 Å². The topological polar surface area (TPSA) is 153 Å². The third kappa shape index (κ3) is 6.40. The van der Waals surface area contributed by atoms with Gasteiger partial charge in [-0.1, -0.05) is 0 Å². The summed E-state index contributed by atoms with van der Waals surface area (Å²) in [6.45, 7) is -0.840. The van der Waals surface area contributed by atoms with Crippen LogP contribution in [0.15, 0.2) is 31.8 Å². The van der Waals surface area contributed by atoms with Crippen molar-refractivity contribution in [2.45, 2.75) is 108 Å². The molecular formula is C32H40F6N8O6. The summed E-state index contributed by atoms with van der Waals surface area (Å²) in [5.74, 6) is -0.527. The lowest BCUT2D eigenvalue weighted by Gasteiger charge is -2.41. The molecule has 0 bridgehead atoms. The zero-order chi connectivity index (χ0) is 38.0. The van der Waals surface area contributed by atoms with Crippen LogP contribution in [0, 0.1) is 11.8 Å². The summed E-state index contributed by atoms with van der Waals surface area (Å²) in [4.78, 5) is 60.7. The molecule has 2 saturated carbocycles. The Hall–Kier alpha value is -4.20. The van der Waals surface area contributed by atoms with Crippen LogP contribution in [0.25, 0.3) is 22.3 Å². The van der Waals surface area contributed by atoms with Crippen LogP contribution in [0.1, 0.15) is 64.2 Å². The van der Waals surface area contributed by atoms with Gasteiger partial charge in [0, 0.05) is 34.2 Å². The van der Waals surface area contributed by atoms with E-state index in [1.807, 2.05) is 0 Å². The van der Waals surface area contributed by atoms with Crippen molar-refractivity contribution in [3.63, 3.8) is 0 Å². The second-order valence-electron chi connectivity index (χ2n) is 14.3. The summed E-state index contributed by atoms with van der Waals surface area (Å²) < 4.78 is 96.1. The highest BCUT2D eigenvalue weighted by atomic mass is 19.4. The number of imidazole rings is 2. The molecule has 0 spiro atoms. The molecule has 52 heavy (non-hydrogen) atoms. The van der Waals surface area contributed by atoms with E-state index in [1.165, 1.54) is 29.6 Å². The Bertz CT molecular complexity index is 2210. The lowest BCUT2D eigenvalue weighted by molar-refractivity contribution is -0.299. The third-order valence-corrected chi connectivity index (χ3v) is 11.2. The molecule has 2 fully saturated rings. The predicted octanol–water partition coefficient (Wildman–Crippen LogP) is 3.07. The number of aryl methyl sites for hydroxylation is 3. The standard InChI is InChI=1S/C32H40F6N8O6/c1-41-16-39-23-21(41)25(47)45(27(49)42(23)2)14-9-20-6-12-30(13-7-20,32(36,37)38)52-18-44-17-40-24-22(44)26(48)46(28(50)43(24)3)15-8-19-4-10-29(51,11-5-19)31(33,34)35/h16-17,19-20,51H,4-15,18H2,1-3H3/t19-,20-,29-,30+. The Morgan fingerprint density at radius 2 is 1.19 bits per heavy atom. The maximum Gasteiger partial charge on any atom is 0.417 e. The van der Waals surface area contributed by atoms with E-state index in [-0.39, 0.29) is 85.8 Å². The largest absolute Gasteiger partial charge is 0.417 e. The third-order valence-electron chi connectivity index (χ3n) is 11.2. The molecule has 1 N–H and O–H groups in total. The van der Waals surface area contributed by atoms with Crippen LogP contribution in [-0.4, -0.2) is 66.0 Å². The van der Waals surface area contributed by atoms with Crippen LogP contribution in [0.4, 0.5) is 26.3 Å². The minimum absolute atomic E-state index is 0.0136. The summed E-state index contributed by atoms with van der Waals surface area (Å²) in [5, 5.41) is 9.96. The van der Waals surface area contributed by atoms with Gasteiger partial charge in [-0.25, -0.2) is 19.6 Å². The van der Waals surface area contributed by atoms with Gasteiger partial charge in [0.15, 0.2) is 33.5 Å². The van der Waals surface area contributed by atoms with E-state index in [2.05, 4.69) is 9.97 Å². The second-order valence-corrected chi connectivity index (χ2v) is 14.3. The van der Waals surface area contributed by atoms with E-state index in [9.17, 15) is 50.6 Å². The Morgan fingerprint density at radius 1 is 0.731 bits per heavy atom. The van der Waals surface area contributed by atoms with Gasteiger partial charge < -0.3 is 19.0 Å². The predicted molar refractivity (Wildman–Crippen MR) is 173 cm³/mol. The molecule has 2 aliphatic carbocycles. The minimum atomic E-state index is -4.78. The van der Waals surface area contributed by atoms with Crippen molar-refractivity contribution in [1.29, 1.82) is 0 Å². The number of fused-ring (bicyclic) bond motifs is 2. The van der Waals surface area contributed by atoms with Crippen molar-refractivity contribution in [1.82, 2.24) is 37.4 Å². The highest BCUT2D eigenvalue weighted by molar-refractivity contribution is 5.70. The van der Waals surface area contributed by atoms with Crippen molar-refractivity contribution in [3.05, 3.63) is 54.3 Å². The first-order chi connectivity index (χ1) is 24.3. The van der Waals surface area contributed by atoms with Crippen molar-refractivity contribution < 1.29 is 36.2 Å². The molecule has 0 saturated heterocycles. The first-order valence-corrected chi connectivity index (χ1v) is 17.0. The summed E-state index contributed by atoms with van der Waals surface area (Å²) in [7, 11) is 4.46. The van der Waals surface area contributed by atoms with E-state index in [0.717, 1.165) is 24.6 Å².